The molecule has 0 saturated carbocycles. The minimum atomic E-state index is -0.366. The number of hydrazone groups is 1. The van der Waals surface area contributed by atoms with Gasteiger partial charge in [0.1, 0.15) is 11.5 Å². The third-order valence-electron chi connectivity index (χ3n) is 3.73. The second-order valence-electron chi connectivity index (χ2n) is 6.81. The number of rotatable bonds is 5. The zero-order valence-corrected chi connectivity index (χ0v) is 15.0. The van der Waals surface area contributed by atoms with E-state index in [0.29, 0.717) is 17.0 Å². The van der Waals surface area contributed by atoms with Crippen LogP contribution in [0, 0.1) is 0 Å². The van der Waals surface area contributed by atoms with Gasteiger partial charge in [-0.05, 0) is 42.2 Å². The number of hydrogen-bond donors (Lipinski definition) is 2. The van der Waals surface area contributed by atoms with E-state index in [1.54, 1.807) is 31.2 Å². The predicted octanol–water partition coefficient (Wildman–Crippen LogP) is 3.61. The standard InChI is InChI=1S/C20H24N2O3/c1-14(17-7-5-6-8-18(17)23)21-22-19(24)13-25-16-11-9-15(10-12-16)20(2,3)4/h5-12,23H,13H2,1-4H3,(H,22,24)/b21-14+. The van der Waals surface area contributed by atoms with Crippen molar-refractivity contribution in [3.05, 3.63) is 59.7 Å². The molecule has 2 N–H and O–H groups in total. The first-order chi connectivity index (χ1) is 11.8. The Morgan fingerprint density at radius 1 is 1.12 bits per heavy atom. The van der Waals surface area contributed by atoms with Gasteiger partial charge < -0.3 is 9.84 Å². The summed E-state index contributed by atoms with van der Waals surface area (Å²) in [5.41, 5.74) is 4.79. The van der Waals surface area contributed by atoms with Gasteiger partial charge in [-0.2, -0.15) is 5.10 Å². The Bertz CT molecular complexity index is 759. The van der Waals surface area contributed by atoms with Gasteiger partial charge in [0.05, 0.1) is 5.71 Å². The SMILES string of the molecule is C/C(=N\NC(=O)COc1ccc(C(C)(C)C)cc1)c1ccccc1O. The Balaban J connectivity index is 1.88. The molecule has 0 fully saturated rings. The topological polar surface area (TPSA) is 70.9 Å². The molecule has 0 unspecified atom stereocenters. The van der Waals surface area contributed by atoms with E-state index in [1.807, 2.05) is 24.3 Å². The largest absolute Gasteiger partial charge is 0.507 e. The number of carbonyl (C=O) groups is 1. The fourth-order valence-electron chi connectivity index (χ4n) is 2.22. The van der Waals surface area contributed by atoms with Crippen molar-refractivity contribution in [2.75, 3.05) is 6.61 Å². The van der Waals surface area contributed by atoms with Crippen molar-refractivity contribution in [3.63, 3.8) is 0 Å². The molecule has 0 atom stereocenters. The van der Waals surface area contributed by atoms with Crippen molar-refractivity contribution in [3.8, 4) is 11.5 Å². The Hall–Kier alpha value is -2.82. The first-order valence-corrected chi connectivity index (χ1v) is 8.12. The van der Waals surface area contributed by atoms with Crippen LogP contribution in [0.5, 0.6) is 11.5 Å². The van der Waals surface area contributed by atoms with Crippen molar-refractivity contribution < 1.29 is 14.6 Å². The lowest BCUT2D eigenvalue weighted by Crippen LogP contribution is -2.25. The van der Waals surface area contributed by atoms with E-state index in [9.17, 15) is 9.90 Å². The molecule has 2 rings (SSSR count). The van der Waals surface area contributed by atoms with Crippen molar-refractivity contribution in [2.24, 2.45) is 5.10 Å². The lowest BCUT2D eigenvalue weighted by Gasteiger charge is -2.19. The number of carbonyl (C=O) groups excluding carboxylic acids is 1. The lowest BCUT2D eigenvalue weighted by molar-refractivity contribution is -0.123. The molecule has 0 radical (unpaired) electrons. The number of ether oxygens (including phenoxy) is 1. The van der Waals surface area contributed by atoms with E-state index in [0.717, 1.165) is 0 Å². The average molecular weight is 340 g/mol. The van der Waals surface area contributed by atoms with Gasteiger partial charge in [0.15, 0.2) is 6.61 Å². The Kier molecular flexibility index (Phi) is 5.80. The first kappa shape index (κ1) is 18.5. The molecule has 2 aromatic rings. The Labute approximate surface area is 148 Å². The van der Waals surface area contributed by atoms with E-state index >= 15 is 0 Å². The molecule has 0 aliphatic carbocycles. The van der Waals surface area contributed by atoms with Crippen LogP contribution < -0.4 is 10.2 Å². The van der Waals surface area contributed by atoms with Gasteiger partial charge in [-0.25, -0.2) is 5.43 Å². The molecular formula is C20H24N2O3. The molecular weight excluding hydrogens is 316 g/mol. The molecule has 25 heavy (non-hydrogen) atoms. The summed E-state index contributed by atoms with van der Waals surface area (Å²) in [6.07, 6.45) is 0. The van der Waals surface area contributed by atoms with Gasteiger partial charge in [0.2, 0.25) is 0 Å². The molecule has 0 heterocycles. The summed E-state index contributed by atoms with van der Waals surface area (Å²) < 4.78 is 5.47. The summed E-state index contributed by atoms with van der Waals surface area (Å²) in [5, 5.41) is 13.8. The van der Waals surface area contributed by atoms with E-state index in [4.69, 9.17) is 4.74 Å². The molecule has 5 nitrogen and oxygen atoms in total. The maximum atomic E-state index is 11.9. The van der Waals surface area contributed by atoms with Crippen LogP contribution in [-0.2, 0) is 10.2 Å². The van der Waals surface area contributed by atoms with E-state index in [-0.39, 0.29) is 23.7 Å². The summed E-state index contributed by atoms with van der Waals surface area (Å²) in [7, 11) is 0. The Morgan fingerprint density at radius 3 is 2.36 bits per heavy atom. The second-order valence-corrected chi connectivity index (χ2v) is 6.81. The third kappa shape index (κ3) is 5.35. The normalized spacial score (nSPS) is 11.9. The number of amides is 1. The van der Waals surface area contributed by atoms with Gasteiger partial charge in [0.25, 0.3) is 5.91 Å². The highest BCUT2D eigenvalue weighted by Gasteiger charge is 2.13. The van der Waals surface area contributed by atoms with E-state index in [2.05, 4.69) is 31.3 Å². The van der Waals surface area contributed by atoms with Gasteiger partial charge >= 0.3 is 0 Å². The number of aromatic hydroxyl groups is 1. The number of hydrogen-bond acceptors (Lipinski definition) is 4. The number of benzene rings is 2. The van der Waals surface area contributed by atoms with Crippen LogP contribution in [0.15, 0.2) is 53.6 Å². The quantitative estimate of drug-likeness (QED) is 0.645. The molecule has 0 aromatic heterocycles. The molecule has 0 saturated heterocycles. The highest BCUT2D eigenvalue weighted by Crippen LogP contribution is 2.24. The van der Waals surface area contributed by atoms with Crippen LogP contribution in [0.4, 0.5) is 0 Å². The molecule has 132 valence electrons. The molecule has 0 aliphatic heterocycles. The summed E-state index contributed by atoms with van der Waals surface area (Å²) >= 11 is 0. The van der Waals surface area contributed by atoms with Crippen LogP contribution >= 0.6 is 0 Å². The summed E-state index contributed by atoms with van der Waals surface area (Å²) in [4.78, 5) is 11.9. The summed E-state index contributed by atoms with van der Waals surface area (Å²) in [6, 6.07) is 14.5. The van der Waals surface area contributed by atoms with Crippen LogP contribution in [0.3, 0.4) is 0 Å². The van der Waals surface area contributed by atoms with Crippen molar-refractivity contribution in [1.29, 1.82) is 0 Å². The maximum absolute atomic E-state index is 11.9. The van der Waals surface area contributed by atoms with Gasteiger partial charge in [-0.15, -0.1) is 0 Å². The minimum Gasteiger partial charge on any atom is -0.507 e. The van der Waals surface area contributed by atoms with Crippen molar-refractivity contribution in [1.82, 2.24) is 5.43 Å². The molecule has 0 aliphatic rings. The summed E-state index contributed by atoms with van der Waals surface area (Å²) in [6.45, 7) is 8.00. The number of phenolic OH excluding ortho intramolecular Hbond substituents is 1. The average Bonchev–Trinajstić information content (AvgIpc) is 2.58. The van der Waals surface area contributed by atoms with Gasteiger partial charge in [-0.3, -0.25) is 4.79 Å². The smallest absolute Gasteiger partial charge is 0.277 e. The molecule has 1 amide bonds. The fraction of sp³-hybridized carbons (Fsp3) is 0.300. The van der Waals surface area contributed by atoms with Crippen LogP contribution in [0.2, 0.25) is 0 Å². The van der Waals surface area contributed by atoms with Gasteiger partial charge in [-0.1, -0.05) is 45.0 Å². The van der Waals surface area contributed by atoms with Crippen LogP contribution in [-0.4, -0.2) is 23.3 Å². The number of nitrogens with one attached hydrogen (secondary N) is 1. The summed E-state index contributed by atoms with van der Waals surface area (Å²) in [5.74, 6) is 0.382. The highest BCUT2D eigenvalue weighted by atomic mass is 16.5. The van der Waals surface area contributed by atoms with Crippen molar-refractivity contribution >= 4 is 11.6 Å². The lowest BCUT2D eigenvalue weighted by atomic mass is 9.87. The zero-order valence-electron chi connectivity index (χ0n) is 15.0. The number of para-hydroxylation sites is 1. The second kappa shape index (κ2) is 7.83. The highest BCUT2D eigenvalue weighted by molar-refractivity contribution is 6.01. The van der Waals surface area contributed by atoms with Crippen molar-refractivity contribution in [2.45, 2.75) is 33.1 Å². The number of nitrogens with zero attached hydrogens (tertiary/aromatic N) is 1. The fourth-order valence-corrected chi connectivity index (χ4v) is 2.22. The molecule has 2 aromatic carbocycles. The molecule has 5 heteroatoms. The monoisotopic (exact) mass is 340 g/mol. The van der Waals surface area contributed by atoms with E-state index < -0.39 is 0 Å². The number of phenols is 1. The maximum Gasteiger partial charge on any atom is 0.277 e. The molecule has 0 spiro atoms. The molecule has 0 bridgehead atoms. The first-order valence-electron chi connectivity index (χ1n) is 8.12. The predicted molar refractivity (Wildman–Crippen MR) is 99.1 cm³/mol. The third-order valence-corrected chi connectivity index (χ3v) is 3.73. The van der Waals surface area contributed by atoms with Crippen LogP contribution in [0.25, 0.3) is 0 Å². The van der Waals surface area contributed by atoms with Gasteiger partial charge in [0, 0.05) is 5.56 Å². The minimum absolute atomic E-state index is 0.0745. The zero-order chi connectivity index (χ0) is 18.4. The Morgan fingerprint density at radius 2 is 1.76 bits per heavy atom. The van der Waals surface area contributed by atoms with Crippen LogP contribution in [0.1, 0.15) is 38.8 Å². The van der Waals surface area contributed by atoms with E-state index in [1.165, 1.54) is 5.56 Å².